The van der Waals surface area contributed by atoms with E-state index in [0.717, 1.165) is 16.5 Å². The maximum atomic E-state index is 13.1. The van der Waals surface area contributed by atoms with Gasteiger partial charge >= 0.3 is 0 Å². The minimum atomic E-state index is -2.94. The third-order valence-corrected chi connectivity index (χ3v) is 6.08. The van der Waals surface area contributed by atoms with Crippen LogP contribution in [0.1, 0.15) is 18.4 Å². The normalized spacial score (nSPS) is 20.0. The molecule has 1 aromatic heterocycles. The number of aromatic nitrogens is 1. The van der Waals surface area contributed by atoms with Gasteiger partial charge in [-0.2, -0.15) is 0 Å². The molecule has 3 rings (SSSR count). The van der Waals surface area contributed by atoms with E-state index in [4.69, 9.17) is 0 Å². The number of hydrogen-bond donors (Lipinski definition) is 2. The highest BCUT2D eigenvalue weighted by Crippen LogP contribution is 2.22. The Morgan fingerprint density at radius 1 is 1.39 bits per heavy atom. The molecule has 1 fully saturated rings. The monoisotopic (exact) mass is 338 g/mol. The molecule has 124 valence electrons. The van der Waals surface area contributed by atoms with E-state index in [1.165, 1.54) is 12.1 Å². The number of fused-ring (bicyclic) bond motifs is 1. The predicted octanol–water partition coefficient (Wildman–Crippen LogP) is 1.79. The Balaban J connectivity index is 1.50. The van der Waals surface area contributed by atoms with Crippen molar-refractivity contribution in [3.63, 3.8) is 0 Å². The van der Waals surface area contributed by atoms with Gasteiger partial charge in [-0.1, -0.05) is 0 Å². The van der Waals surface area contributed by atoms with Crippen LogP contribution in [0.15, 0.2) is 24.4 Å². The van der Waals surface area contributed by atoms with Crippen molar-refractivity contribution in [2.24, 2.45) is 5.92 Å². The van der Waals surface area contributed by atoms with Gasteiger partial charge in [0.05, 0.1) is 11.5 Å². The summed E-state index contributed by atoms with van der Waals surface area (Å²) in [6.45, 7) is 0.475. The van der Waals surface area contributed by atoms with Crippen LogP contribution < -0.4 is 5.32 Å². The number of hydrogen-bond acceptors (Lipinski definition) is 3. The fraction of sp³-hybridized carbons (Fsp3) is 0.438. The number of benzene rings is 1. The maximum Gasteiger partial charge on any atom is 0.220 e. The molecule has 23 heavy (non-hydrogen) atoms. The molecule has 1 aromatic carbocycles. The van der Waals surface area contributed by atoms with Gasteiger partial charge in [0, 0.05) is 30.1 Å². The highest BCUT2D eigenvalue weighted by atomic mass is 32.2. The van der Waals surface area contributed by atoms with Crippen LogP contribution in [0.25, 0.3) is 10.9 Å². The van der Waals surface area contributed by atoms with Crippen molar-refractivity contribution >= 4 is 26.6 Å². The molecule has 2 aromatic rings. The summed E-state index contributed by atoms with van der Waals surface area (Å²) < 4.78 is 35.9. The fourth-order valence-corrected chi connectivity index (χ4v) is 4.93. The summed E-state index contributed by atoms with van der Waals surface area (Å²) in [6.07, 6.45) is 3.29. The second kappa shape index (κ2) is 6.31. The highest BCUT2D eigenvalue weighted by Gasteiger charge is 2.29. The SMILES string of the molecule is O=C(C[C@@H]1CCS(=O)(=O)C1)NCCc1c[nH]c2cc(F)ccc12. The molecule has 1 atom stereocenters. The molecule has 1 amide bonds. The summed E-state index contributed by atoms with van der Waals surface area (Å²) in [5.74, 6) is -0.148. The first-order valence-corrected chi connectivity index (χ1v) is 9.48. The number of H-pyrrole nitrogens is 1. The summed E-state index contributed by atoms with van der Waals surface area (Å²) in [6, 6.07) is 4.58. The van der Waals surface area contributed by atoms with Gasteiger partial charge in [-0.05, 0) is 42.5 Å². The number of aromatic amines is 1. The van der Waals surface area contributed by atoms with Crippen molar-refractivity contribution in [2.45, 2.75) is 19.3 Å². The van der Waals surface area contributed by atoms with Crippen LogP contribution in [0, 0.1) is 11.7 Å². The molecule has 2 heterocycles. The first kappa shape index (κ1) is 16.0. The van der Waals surface area contributed by atoms with E-state index in [-0.39, 0.29) is 35.6 Å². The minimum Gasteiger partial charge on any atom is -0.361 e. The van der Waals surface area contributed by atoms with E-state index in [9.17, 15) is 17.6 Å². The quantitative estimate of drug-likeness (QED) is 0.872. The van der Waals surface area contributed by atoms with Gasteiger partial charge in [0.15, 0.2) is 9.84 Å². The molecular formula is C16H19FN2O3S. The van der Waals surface area contributed by atoms with Gasteiger partial charge in [0.2, 0.25) is 5.91 Å². The molecule has 1 aliphatic heterocycles. The number of amides is 1. The van der Waals surface area contributed by atoms with Crippen molar-refractivity contribution < 1.29 is 17.6 Å². The van der Waals surface area contributed by atoms with Gasteiger partial charge < -0.3 is 10.3 Å². The lowest BCUT2D eigenvalue weighted by atomic mass is 10.0. The number of nitrogens with one attached hydrogen (secondary N) is 2. The maximum absolute atomic E-state index is 13.1. The molecule has 0 aliphatic carbocycles. The summed E-state index contributed by atoms with van der Waals surface area (Å²) in [4.78, 5) is 14.9. The fourth-order valence-electron chi connectivity index (χ4n) is 3.07. The van der Waals surface area contributed by atoms with Crippen molar-refractivity contribution in [2.75, 3.05) is 18.1 Å². The minimum absolute atomic E-state index is 0.0592. The molecular weight excluding hydrogens is 319 g/mol. The highest BCUT2D eigenvalue weighted by molar-refractivity contribution is 7.91. The van der Waals surface area contributed by atoms with Gasteiger partial charge in [0.25, 0.3) is 0 Å². The first-order chi connectivity index (χ1) is 10.9. The third-order valence-electron chi connectivity index (χ3n) is 4.25. The Hall–Kier alpha value is -1.89. The average Bonchev–Trinajstić information content (AvgIpc) is 3.02. The molecule has 0 bridgehead atoms. The van der Waals surface area contributed by atoms with Crippen LogP contribution in [-0.4, -0.2) is 37.4 Å². The lowest BCUT2D eigenvalue weighted by Gasteiger charge is -2.08. The second-order valence-corrected chi connectivity index (χ2v) is 8.31. The molecule has 7 heteroatoms. The van der Waals surface area contributed by atoms with Crippen LogP contribution in [0.5, 0.6) is 0 Å². The van der Waals surface area contributed by atoms with Gasteiger partial charge in [-0.15, -0.1) is 0 Å². The third kappa shape index (κ3) is 3.90. The Morgan fingerprint density at radius 3 is 2.96 bits per heavy atom. The predicted molar refractivity (Wildman–Crippen MR) is 86.3 cm³/mol. The van der Waals surface area contributed by atoms with Crippen molar-refractivity contribution in [1.82, 2.24) is 10.3 Å². The molecule has 0 saturated carbocycles. The molecule has 1 saturated heterocycles. The Labute approximate surface area is 134 Å². The lowest BCUT2D eigenvalue weighted by molar-refractivity contribution is -0.121. The Morgan fingerprint density at radius 2 is 2.22 bits per heavy atom. The number of sulfone groups is 1. The molecule has 1 aliphatic rings. The molecule has 0 radical (unpaired) electrons. The standard InChI is InChI=1S/C16H19FN2O3S/c17-13-1-2-14-12(9-19-15(14)8-13)3-5-18-16(20)7-11-4-6-23(21,22)10-11/h1-2,8-9,11,19H,3-7,10H2,(H,18,20)/t11-/m0/s1. The summed E-state index contributed by atoms with van der Waals surface area (Å²) in [7, 11) is -2.94. The van der Waals surface area contributed by atoms with E-state index >= 15 is 0 Å². The number of carbonyl (C=O) groups excluding carboxylic acids is 1. The summed E-state index contributed by atoms with van der Waals surface area (Å²) in [5.41, 5.74) is 1.76. The van der Waals surface area contributed by atoms with Crippen LogP contribution in [0.3, 0.4) is 0 Å². The zero-order valence-electron chi connectivity index (χ0n) is 12.6. The van der Waals surface area contributed by atoms with Crippen LogP contribution in [0.4, 0.5) is 4.39 Å². The average molecular weight is 338 g/mol. The van der Waals surface area contributed by atoms with E-state index in [0.29, 0.717) is 19.4 Å². The largest absolute Gasteiger partial charge is 0.361 e. The van der Waals surface area contributed by atoms with E-state index in [1.807, 2.05) is 6.20 Å². The topological polar surface area (TPSA) is 79.0 Å². The lowest BCUT2D eigenvalue weighted by Crippen LogP contribution is -2.27. The number of rotatable bonds is 5. The first-order valence-electron chi connectivity index (χ1n) is 7.65. The molecule has 0 spiro atoms. The number of carbonyl (C=O) groups is 1. The zero-order valence-corrected chi connectivity index (χ0v) is 13.5. The Bertz CT molecular complexity index is 829. The van der Waals surface area contributed by atoms with Gasteiger partial charge in [0.1, 0.15) is 5.82 Å². The second-order valence-electron chi connectivity index (χ2n) is 6.08. The molecule has 5 nitrogen and oxygen atoms in total. The smallest absolute Gasteiger partial charge is 0.220 e. The van der Waals surface area contributed by atoms with Crippen LogP contribution in [0.2, 0.25) is 0 Å². The van der Waals surface area contributed by atoms with E-state index < -0.39 is 9.84 Å². The van der Waals surface area contributed by atoms with Crippen LogP contribution in [-0.2, 0) is 21.1 Å². The van der Waals surface area contributed by atoms with E-state index in [2.05, 4.69) is 10.3 Å². The summed E-state index contributed by atoms with van der Waals surface area (Å²) >= 11 is 0. The van der Waals surface area contributed by atoms with Crippen molar-refractivity contribution in [3.05, 3.63) is 35.8 Å². The van der Waals surface area contributed by atoms with E-state index in [1.54, 1.807) is 6.07 Å². The van der Waals surface area contributed by atoms with Crippen LogP contribution >= 0.6 is 0 Å². The van der Waals surface area contributed by atoms with Crippen molar-refractivity contribution in [3.8, 4) is 0 Å². The summed E-state index contributed by atoms with van der Waals surface area (Å²) in [5, 5.41) is 3.78. The zero-order chi connectivity index (χ0) is 16.4. The molecule has 2 N–H and O–H groups in total. The number of halogens is 1. The van der Waals surface area contributed by atoms with Gasteiger partial charge in [-0.25, -0.2) is 12.8 Å². The molecule has 0 unspecified atom stereocenters. The van der Waals surface area contributed by atoms with Crippen molar-refractivity contribution in [1.29, 1.82) is 0 Å². The van der Waals surface area contributed by atoms with Gasteiger partial charge in [-0.3, -0.25) is 4.79 Å². The Kier molecular flexibility index (Phi) is 4.39.